The minimum atomic E-state index is -0.198. The Morgan fingerprint density at radius 3 is 2.48 bits per heavy atom. The molecular formula is C19H19N3O. The highest BCUT2D eigenvalue weighted by atomic mass is 16.1. The number of rotatable bonds is 4. The van der Waals surface area contributed by atoms with Crippen molar-refractivity contribution in [2.45, 2.75) is 26.3 Å². The van der Waals surface area contributed by atoms with Crippen LogP contribution >= 0.6 is 0 Å². The minimum absolute atomic E-state index is 0.0311. The lowest BCUT2D eigenvalue weighted by molar-refractivity contribution is 0.0930. The summed E-state index contributed by atoms with van der Waals surface area (Å²) in [5, 5.41) is 3.04. The van der Waals surface area contributed by atoms with Crippen LogP contribution in [0.4, 0.5) is 0 Å². The molecule has 116 valence electrons. The van der Waals surface area contributed by atoms with Gasteiger partial charge in [0.25, 0.3) is 5.91 Å². The molecule has 0 spiro atoms. The third-order valence-corrected chi connectivity index (χ3v) is 3.87. The monoisotopic (exact) mass is 305 g/mol. The Labute approximate surface area is 135 Å². The smallest absolute Gasteiger partial charge is 0.271 e. The summed E-state index contributed by atoms with van der Waals surface area (Å²) < 4.78 is 0. The zero-order valence-corrected chi connectivity index (χ0v) is 13.3. The van der Waals surface area contributed by atoms with Crippen LogP contribution in [0.1, 0.15) is 41.0 Å². The van der Waals surface area contributed by atoms with E-state index in [4.69, 9.17) is 0 Å². The number of benzene rings is 2. The van der Waals surface area contributed by atoms with Crippen LogP contribution in [0.5, 0.6) is 0 Å². The van der Waals surface area contributed by atoms with Crippen LogP contribution in [0.2, 0.25) is 0 Å². The number of aryl methyl sites for hydroxylation is 1. The number of nitrogens with zero attached hydrogens (tertiary/aromatic N) is 2. The normalized spacial score (nSPS) is 12.1. The average molecular weight is 305 g/mol. The average Bonchev–Trinajstić information content (AvgIpc) is 2.60. The minimum Gasteiger partial charge on any atom is -0.344 e. The molecule has 3 rings (SSSR count). The van der Waals surface area contributed by atoms with E-state index >= 15 is 0 Å². The van der Waals surface area contributed by atoms with E-state index in [2.05, 4.69) is 46.5 Å². The summed E-state index contributed by atoms with van der Waals surface area (Å²) in [5.74, 6) is -0.198. The SMILES string of the molecule is CCC(NC(=O)c1cnc2ccccc2n1)c1ccc(C)cc1. The molecule has 0 aliphatic rings. The highest BCUT2D eigenvalue weighted by Crippen LogP contribution is 2.18. The van der Waals surface area contributed by atoms with Crippen LogP contribution < -0.4 is 5.32 Å². The van der Waals surface area contributed by atoms with Crippen molar-refractivity contribution in [3.8, 4) is 0 Å². The second kappa shape index (κ2) is 6.57. The van der Waals surface area contributed by atoms with Gasteiger partial charge in [0, 0.05) is 0 Å². The first-order valence-corrected chi connectivity index (χ1v) is 7.76. The Balaban J connectivity index is 1.82. The van der Waals surface area contributed by atoms with Crippen LogP contribution in [0, 0.1) is 6.92 Å². The van der Waals surface area contributed by atoms with Gasteiger partial charge in [-0.05, 0) is 31.0 Å². The molecule has 1 N–H and O–H groups in total. The molecule has 0 saturated carbocycles. The summed E-state index contributed by atoms with van der Waals surface area (Å²) >= 11 is 0. The number of nitrogens with one attached hydrogen (secondary N) is 1. The summed E-state index contributed by atoms with van der Waals surface area (Å²) in [6.07, 6.45) is 2.34. The summed E-state index contributed by atoms with van der Waals surface area (Å²) in [6.45, 7) is 4.10. The van der Waals surface area contributed by atoms with Gasteiger partial charge in [-0.3, -0.25) is 9.78 Å². The molecule has 4 heteroatoms. The summed E-state index contributed by atoms with van der Waals surface area (Å²) in [6, 6.07) is 15.7. The molecule has 3 aromatic rings. The van der Waals surface area contributed by atoms with Crippen molar-refractivity contribution in [2.24, 2.45) is 0 Å². The third-order valence-electron chi connectivity index (χ3n) is 3.87. The quantitative estimate of drug-likeness (QED) is 0.797. The molecular weight excluding hydrogens is 286 g/mol. The number of aromatic nitrogens is 2. The third kappa shape index (κ3) is 3.37. The first-order chi connectivity index (χ1) is 11.2. The molecule has 1 amide bonds. The Kier molecular flexibility index (Phi) is 4.33. The summed E-state index contributed by atoms with van der Waals surface area (Å²) in [4.78, 5) is 21.2. The van der Waals surface area contributed by atoms with Crippen molar-refractivity contribution in [1.82, 2.24) is 15.3 Å². The lowest BCUT2D eigenvalue weighted by atomic mass is 10.0. The van der Waals surface area contributed by atoms with Gasteiger partial charge >= 0.3 is 0 Å². The van der Waals surface area contributed by atoms with Crippen LogP contribution in [-0.4, -0.2) is 15.9 Å². The van der Waals surface area contributed by atoms with E-state index in [1.165, 1.54) is 11.8 Å². The number of carbonyl (C=O) groups excluding carboxylic acids is 1. The molecule has 1 heterocycles. The number of fused-ring (bicyclic) bond motifs is 1. The molecule has 1 unspecified atom stereocenters. The van der Waals surface area contributed by atoms with Crippen LogP contribution in [0.15, 0.2) is 54.7 Å². The van der Waals surface area contributed by atoms with Crippen molar-refractivity contribution in [3.63, 3.8) is 0 Å². The van der Waals surface area contributed by atoms with E-state index in [1.54, 1.807) is 0 Å². The molecule has 0 radical (unpaired) electrons. The van der Waals surface area contributed by atoms with E-state index in [0.717, 1.165) is 23.0 Å². The van der Waals surface area contributed by atoms with Gasteiger partial charge in [-0.15, -0.1) is 0 Å². The molecule has 0 saturated heterocycles. The van der Waals surface area contributed by atoms with E-state index in [1.807, 2.05) is 31.2 Å². The van der Waals surface area contributed by atoms with E-state index in [9.17, 15) is 4.79 Å². The van der Waals surface area contributed by atoms with Gasteiger partial charge in [-0.25, -0.2) is 4.98 Å². The molecule has 1 atom stereocenters. The first-order valence-electron chi connectivity index (χ1n) is 7.76. The zero-order valence-electron chi connectivity index (χ0n) is 13.3. The Morgan fingerprint density at radius 2 is 1.78 bits per heavy atom. The highest BCUT2D eigenvalue weighted by Gasteiger charge is 2.15. The number of amides is 1. The fourth-order valence-corrected chi connectivity index (χ4v) is 2.52. The van der Waals surface area contributed by atoms with E-state index in [0.29, 0.717) is 5.69 Å². The molecule has 0 aliphatic carbocycles. The Morgan fingerprint density at radius 1 is 1.09 bits per heavy atom. The molecule has 2 aromatic carbocycles. The predicted octanol–water partition coefficient (Wildman–Crippen LogP) is 3.82. The standard InChI is InChI=1S/C19H19N3O/c1-3-15(14-10-8-13(2)9-11-14)22-19(23)18-12-20-16-6-4-5-7-17(16)21-18/h4-12,15H,3H2,1-2H3,(H,22,23). The molecule has 23 heavy (non-hydrogen) atoms. The van der Waals surface area contributed by atoms with Crippen molar-refractivity contribution in [1.29, 1.82) is 0 Å². The van der Waals surface area contributed by atoms with Gasteiger partial charge < -0.3 is 5.32 Å². The fraction of sp³-hybridized carbons (Fsp3) is 0.211. The first kappa shape index (κ1) is 15.2. The van der Waals surface area contributed by atoms with Crippen LogP contribution in [0.3, 0.4) is 0 Å². The second-order valence-electron chi connectivity index (χ2n) is 5.59. The number of hydrogen-bond donors (Lipinski definition) is 1. The van der Waals surface area contributed by atoms with Gasteiger partial charge in [-0.1, -0.05) is 48.9 Å². The summed E-state index contributed by atoms with van der Waals surface area (Å²) in [7, 11) is 0. The van der Waals surface area contributed by atoms with Gasteiger partial charge in [-0.2, -0.15) is 0 Å². The van der Waals surface area contributed by atoms with Gasteiger partial charge in [0.05, 0.1) is 23.3 Å². The number of hydrogen-bond acceptors (Lipinski definition) is 3. The van der Waals surface area contributed by atoms with Crippen LogP contribution in [0.25, 0.3) is 11.0 Å². The molecule has 0 aliphatic heterocycles. The highest BCUT2D eigenvalue weighted by molar-refractivity contribution is 5.94. The maximum Gasteiger partial charge on any atom is 0.271 e. The maximum atomic E-state index is 12.5. The predicted molar refractivity (Wildman–Crippen MR) is 91.2 cm³/mol. The van der Waals surface area contributed by atoms with E-state index < -0.39 is 0 Å². The van der Waals surface area contributed by atoms with Gasteiger partial charge in [0.15, 0.2) is 0 Å². The van der Waals surface area contributed by atoms with Crippen LogP contribution in [-0.2, 0) is 0 Å². The topological polar surface area (TPSA) is 54.9 Å². The largest absolute Gasteiger partial charge is 0.344 e. The van der Waals surface area contributed by atoms with Crippen molar-refractivity contribution < 1.29 is 4.79 Å². The maximum absolute atomic E-state index is 12.5. The van der Waals surface area contributed by atoms with Gasteiger partial charge in [0.2, 0.25) is 0 Å². The number of para-hydroxylation sites is 2. The van der Waals surface area contributed by atoms with Crippen molar-refractivity contribution in [2.75, 3.05) is 0 Å². The second-order valence-corrected chi connectivity index (χ2v) is 5.59. The van der Waals surface area contributed by atoms with Gasteiger partial charge in [0.1, 0.15) is 5.69 Å². The lowest BCUT2D eigenvalue weighted by Gasteiger charge is -2.17. The van der Waals surface area contributed by atoms with Crippen molar-refractivity contribution >= 4 is 16.9 Å². The lowest BCUT2D eigenvalue weighted by Crippen LogP contribution is -2.29. The van der Waals surface area contributed by atoms with E-state index in [-0.39, 0.29) is 11.9 Å². The molecule has 4 nitrogen and oxygen atoms in total. The Bertz CT molecular complexity index is 827. The molecule has 0 fully saturated rings. The molecule has 0 bridgehead atoms. The fourth-order valence-electron chi connectivity index (χ4n) is 2.52. The molecule has 1 aromatic heterocycles. The number of carbonyl (C=O) groups is 1. The Hall–Kier alpha value is -2.75. The van der Waals surface area contributed by atoms with Crippen molar-refractivity contribution in [3.05, 3.63) is 71.5 Å². The summed E-state index contributed by atoms with van der Waals surface area (Å²) in [5.41, 5.74) is 4.16. The zero-order chi connectivity index (χ0) is 16.2.